The van der Waals surface area contributed by atoms with E-state index in [0.717, 1.165) is 18.2 Å². The molecule has 2 nitrogen and oxygen atoms in total. The summed E-state index contributed by atoms with van der Waals surface area (Å²) in [6, 6.07) is 6.62. The highest BCUT2D eigenvalue weighted by atomic mass is 35.5. The number of hydrogen-bond acceptors (Lipinski definition) is 2. The third kappa shape index (κ3) is 3.83. The Morgan fingerprint density at radius 2 is 1.88 bits per heavy atom. The Morgan fingerprint density at radius 3 is 2.31 bits per heavy atom. The average Bonchev–Trinajstić information content (AvgIpc) is 2.16. The Labute approximate surface area is 94.5 Å². The largest absolute Gasteiger partial charge is 0.573 e. The molecule has 0 aliphatic rings. The zero-order valence-electron chi connectivity index (χ0n) is 7.75. The number of hydrogen-bond donors (Lipinski definition) is 0. The summed E-state index contributed by atoms with van der Waals surface area (Å²) in [6.07, 6.45) is -3.63. The molecule has 16 heavy (non-hydrogen) atoms. The van der Waals surface area contributed by atoms with Crippen molar-refractivity contribution in [3.05, 3.63) is 35.9 Å². The molecule has 0 unspecified atom stereocenters. The van der Waals surface area contributed by atoms with Gasteiger partial charge in [-0.2, -0.15) is 5.26 Å². The van der Waals surface area contributed by atoms with Crippen LogP contribution >= 0.6 is 11.6 Å². The summed E-state index contributed by atoms with van der Waals surface area (Å²) in [6.45, 7) is 0. The Balaban J connectivity index is 2.85. The van der Waals surface area contributed by atoms with E-state index in [9.17, 15) is 13.2 Å². The van der Waals surface area contributed by atoms with Gasteiger partial charge in [0.15, 0.2) is 0 Å². The first kappa shape index (κ1) is 12.4. The Morgan fingerprint density at radius 1 is 1.31 bits per heavy atom. The maximum Gasteiger partial charge on any atom is 0.573 e. The van der Waals surface area contributed by atoms with Crippen LogP contribution in [0, 0.1) is 11.3 Å². The molecule has 0 heterocycles. The number of alkyl halides is 3. The minimum absolute atomic E-state index is 0.154. The van der Waals surface area contributed by atoms with Crippen LogP contribution in [0.15, 0.2) is 30.3 Å². The number of halogens is 4. The molecule has 0 spiro atoms. The molecule has 0 radical (unpaired) electrons. The summed E-state index contributed by atoms with van der Waals surface area (Å²) < 4.78 is 39.1. The van der Waals surface area contributed by atoms with Crippen LogP contribution in [0.1, 0.15) is 5.56 Å². The topological polar surface area (TPSA) is 33.0 Å². The number of benzene rings is 1. The molecule has 1 aromatic rings. The monoisotopic (exact) mass is 247 g/mol. The van der Waals surface area contributed by atoms with Gasteiger partial charge in [0.1, 0.15) is 5.75 Å². The van der Waals surface area contributed by atoms with Crippen molar-refractivity contribution in [2.24, 2.45) is 0 Å². The van der Waals surface area contributed by atoms with E-state index in [1.54, 1.807) is 6.07 Å². The van der Waals surface area contributed by atoms with E-state index in [4.69, 9.17) is 16.9 Å². The van der Waals surface area contributed by atoms with Gasteiger partial charge in [0.05, 0.1) is 11.1 Å². The van der Waals surface area contributed by atoms with E-state index in [2.05, 4.69) is 4.74 Å². The van der Waals surface area contributed by atoms with Crippen LogP contribution in [-0.4, -0.2) is 6.36 Å². The third-order valence-corrected chi connectivity index (χ3v) is 1.88. The Kier molecular flexibility index (Phi) is 3.80. The van der Waals surface area contributed by atoms with E-state index < -0.39 is 6.36 Å². The second-order valence-electron chi connectivity index (χ2n) is 2.69. The number of nitriles is 1. The summed E-state index contributed by atoms with van der Waals surface area (Å²) in [5.74, 6) is -0.335. The first-order valence-electron chi connectivity index (χ1n) is 4.04. The maximum atomic E-state index is 11.8. The van der Waals surface area contributed by atoms with Crippen molar-refractivity contribution in [2.75, 3.05) is 0 Å². The number of allylic oxidation sites excluding steroid dienone is 1. The van der Waals surface area contributed by atoms with Gasteiger partial charge in [-0.3, -0.25) is 0 Å². The third-order valence-electron chi connectivity index (χ3n) is 1.55. The van der Waals surface area contributed by atoms with Crippen LogP contribution in [0.3, 0.4) is 0 Å². The van der Waals surface area contributed by atoms with E-state index in [1.165, 1.54) is 12.1 Å². The molecule has 1 rings (SSSR count). The highest BCUT2D eigenvalue weighted by Gasteiger charge is 2.30. The quantitative estimate of drug-likeness (QED) is 0.747. The predicted molar refractivity (Wildman–Crippen MR) is 52.6 cm³/mol. The fourth-order valence-corrected chi connectivity index (χ4v) is 1.13. The van der Waals surface area contributed by atoms with Crippen molar-refractivity contribution < 1.29 is 17.9 Å². The molecular formula is C10H5ClF3NO. The van der Waals surface area contributed by atoms with Crippen molar-refractivity contribution in [1.29, 1.82) is 5.26 Å². The smallest absolute Gasteiger partial charge is 0.406 e. The van der Waals surface area contributed by atoms with Gasteiger partial charge >= 0.3 is 6.36 Å². The normalized spacial score (nSPS) is 12.1. The van der Waals surface area contributed by atoms with Crippen molar-refractivity contribution in [1.82, 2.24) is 0 Å². The molecule has 0 amide bonds. The van der Waals surface area contributed by atoms with Gasteiger partial charge in [0.25, 0.3) is 0 Å². The molecule has 6 heteroatoms. The second-order valence-corrected chi connectivity index (χ2v) is 3.10. The number of nitrogens with zero attached hydrogens (tertiary/aromatic N) is 1. The minimum atomic E-state index is -4.71. The van der Waals surface area contributed by atoms with Crippen molar-refractivity contribution in [2.45, 2.75) is 6.36 Å². The molecule has 0 aliphatic carbocycles. The summed E-state index contributed by atoms with van der Waals surface area (Å²) in [4.78, 5) is 0. The van der Waals surface area contributed by atoms with E-state index in [0.29, 0.717) is 5.56 Å². The Hall–Kier alpha value is -1.67. The second kappa shape index (κ2) is 4.90. The summed E-state index contributed by atoms with van der Waals surface area (Å²) in [5, 5.41) is 8.47. The summed E-state index contributed by atoms with van der Waals surface area (Å²) in [7, 11) is 0. The lowest BCUT2D eigenvalue weighted by molar-refractivity contribution is -0.274. The fourth-order valence-electron chi connectivity index (χ4n) is 0.956. The van der Waals surface area contributed by atoms with Gasteiger partial charge in [-0.25, -0.2) is 0 Å². The first-order valence-corrected chi connectivity index (χ1v) is 4.41. The SMILES string of the molecule is N#C/C=C(/Cl)c1ccc(OC(F)(F)F)cc1. The van der Waals surface area contributed by atoms with Crippen LogP contribution in [0.25, 0.3) is 5.03 Å². The van der Waals surface area contributed by atoms with Gasteiger partial charge in [0, 0.05) is 6.08 Å². The maximum absolute atomic E-state index is 11.8. The van der Waals surface area contributed by atoms with Crippen LogP contribution in [0.2, 0.25) is 0 Å². The standard InChI is InChI=1S/C10H5ClF3NO/c11-9(5-6-15)7-1-3-8(4-2-7)16-10(12,13)14/h1-5H/b9-5+. The molecule has 0 bridgehead atoms. The number of ether oxygens (including phenoxy) is 1. The molecule has 0 N–H and O–H groups in total. The lowest BCUT2D eigenvalue weighted by Crippen LogP contribution is -2.16. The van der Waals surface area contributed by atoms with Gasteiger partial charge < -0.3 is 4.74 Å². The average molecular weight is 248 g/mol. The van der Waals surface area contributed by atoms with Crippen LogP contribution < -0.4 is 4.74 Å². The fraction of sp³-hybridized carbons (Fsp3) is 0.100. The molecule has 84 valence electrons. The molecule has 0 aromatic heterocycles. The molecule has 1 aromatic carbocycles. The van der Waals surface area contributed by atoms with Gasteiger partial charge in [-0.1, -0.05) is 11.6 Å². The molecule has 0 saturated carbocycles. The van der Waals surface area contributed by atoms with Crippen LogP contribution in [-0.2, 0) is 0 Å². The first-order chi connectivity index (χ1) is 7.42. The molecule has 0 saturated heterocycles. The lowest BCUT2D eigenvalue weighted by Gasteiger charge is -2.08. The van der Waals surface area contributed by atoms with Crippen molar-refractivity contribution in [3.8, 4) is 11.8 Å². The van der Waals surface area contributed by atoms with E-state index in [1.807, 2.05) is 0 Å². The van der Waals surface area contributed by atoms with E-state index in [-0.39, 0.29) is 10.8 Å². The van der Waals surface area contributed by atoms with Crippen molar-refractivity contribution in [3.63, 3.8) is 0 Å². The zero-order chi connectivity index (χ0) is 12.2. The molecule has 0 atom stereocenters. The molecule has 0 fully saturated rings. The summed E-state index contributed by atoms with van der Waals surface area (Å²) >= 11 is 5.67. The molecule has 0 aliphatic heterocycles. The van der Waals surface area contributed by atoms with Crippen LogP contribution in [0.4, 0.5) is 13.2 Å². The molecular weight excluding hydrogens is 243 g/mol. The highest BCUT2D eigenvalue weighted by molar-refractivity contribution is 6.48. The lowest BCUT2D eigenvalue weighted by atomic mass is 10.2. The highest BCUT2D eigenvalue weighted by Crippen LogP contribution is 2.25. The number of rotatable bonds is 2. The van der Waals surface area contributed by atoms with Gasteiger partial charge in [0.2, 0.25) is 0 Å². The zero-order valence-corrected chi connectivity index (χ0v) is 8.51. The van der Waals surface area contributed by atoms with Crippen molar-refractivity contribution >= 4 is 16.6 Å². The predicted octanol–water partition coefficient (Wildman–Crippen LogP) is 3.69. The Bertz CT molecular complexity index is 431. The van der Waals surface area contributed by atoms with Crippen LogP contribution in [0.5, 0.6) is 5.75 Å². The minimum Gasteiger partial charge on any atom is -0.406 e. The van der Waals surface area contributed by atoms with Gasteiger partial charge in [-0.15, -0.1) is 13.2 Å². The van der Waals surface area contributed by atoms with E-state index >= 15 is 0 Å². The summed E-state index contributed by atoms with van der Waals surface area (Å²) in [5.41, 5.74) is 0.442. The van der Waals surface area contributed by atoms with Gasteiger partial charge in [-0.05, 0) is 29.8 Å².